The van der Waals surface area contributed by atoms with Crippen LogP contribution in [0.2, 0.25) is 5.02 Å². The standard InChI is InChI=1S/C18H26ClN3O3/c1-10(2)25-17-7-16(20)15(19)6-14(17)18(23)21-11-4-12-8-24-9-13(5-11)22(12)3/h6-7,10-13H,4-5,8-9,20H2,1-3H3,(H,21,23). The third-order valence-electron chi connectivity index (χ3n) is 4.93. The summed E-state index contributed by atoms with van der Waals surface area (Å²) in [5.74, 6) is 0.289. The first-order valence-corrected chi connectivity index (χ1v) is 9.09. The van der Waals surface area contributed by atoms with Gasteiger partial charge in [0.05, 0.1) is 35.6 Å². The summed E-state index contributed by atoms with van der Waals surface area (Å²) in [5.41, 5.74) is 6.69. The largest absolute Gasteiger partial charge is 0.490 e. The number of nitrogens with one attached hydrogen (secondary N) is 1. The molecule has 2 fully saturated rings. The lowest BCUT2D eigenvalue weighted by Gasteiger charge is -2.46. The lowest BCUT2D eigenvalue weighted by molar-refractivity contribution is -0.0670. The van der Waals surface area contributed by atoms with Gasteiger partial charge in [-0.25, -0.2) is 0 Å². The number of carbonyl (C=O) groups is 1. The monoisotopic (exact) mass is 367 g/mol. The number of nitrogen functional groups attached to an aromatic ring is 1. The van der Waals surface area contributed by atoms with Crippen LogP contribution in [0.15, 0.2) is 12.1 Å². The minimum atomic E-state index is -0.175. The summed E-state index contributed by atoms with van der Waals surface area (Å²) >= 11 is 6.12. The Balaban J connectivity index is 1.76. The van der Waals surface area contributed by atoms with Gasteiger partial charge in [0, 0.05) is 24.2 Å². The number of hydrogen-bond donors (Lipinski definition) is 2. The van der Waals surface area contributed by atoms with E-state index in [1.54, 1.807) is 12.1 Å². The van der Waals surface area contributed by atoms with E-state index in [-0.39, 0.29) is 18.1 Å². The molecular formula is C18H26ClN3O3. The molecule has 2 unspecified atom stereocenters. The molecule has 2 aliphatic rings. The lowest BCUT2D eigenvalue weighted by atomic mass is 9.90. The fraction of sp³-hybridized carbons (Fsp3) is 0.611. The SMILES string of the molecule is CC(C)Oc1cc(N)c(Cl)cc1C(=O)NC1CC2COCC(C1)N2C. The molecule has 6 nitrogen and oxygen atoms in total. The number of morpholine rings is 1. The Hall–Kier alpha value is -1.50. The van der Waals surface area contributed by atoms with Crippen LogP contribution in [0.25, 0.3) is 0 Å². The van der Waals surface area contributed by atoms with Crippen molar-refractivity contribution < 1.29 is 14.3 Å². The van der Waals surface area contributed by atoms with E-state index < -0.39 is 0 Å². The third-order valence-corrected chi connectivity index (χ3v) is 5.25. The highest BCUT2D eigenvalue weighted by Crippen LogP contribution is 2.31. The highest BCUT2D eigenvalue weighted by molar-refractivity contribution is 6.33. The topological polar surface area (TPSA) is 76.8 Å². The molecule has 2 bridgehead atoms. The van der Waals surface area contributed by atoms with Crippen LogP contribution in [-0.4, -0.2) is 55.3 Å². The second-order valence-corrected chi connectivity index (χ2v) is 7.60. The highest BCUT2D eigenvalue weighted by atomic mass is 35.5. The average Bonchev–Trinajstić information content (AvgIpc) is 2.51. The Morgan fingerprint density at radius 2 is 2.00 bits per heavy atom. The summed E-state index contributed by atoms with van der Waals surface area (Å²) in [6, 6.07) is 4.02. The van der Waals surface area contributed by atoms with E-state index in [0.717, 1.165) is 26.1 Å². The number of rotatable bonds is 4. The van der Waals surface area contributed by atoms with Gasteiger partial charge >= 0.3 is 0 Å². The van der Waals surface area contributed by atoms with Crippen molar-refractivity contribution in [3.05, 3.63) is 22.7 Å². The number of ether oxygens (including phenoxy) is 2. The zero-order valence-electron chi connectivity index (χ0n) is 14.9. The molecule has 2 saturated heterocycles. The molecule has 0 saturated carbocycles. The Labute approximate surface area is 153 Å². The minimum absolute atomic E-state index is 0.0630. The van der Waals surface area contributed by atoms with Crippen LogP contribution in [0.1, 0.15) is 37.0 Å². The van der Waals surface area contributed by atoms with Crippen molar-refractivity contribution >= 4 is 23.2 Å². The summed E-state index contributed by atoms with van der Waals surface area (Å²) in [7, 11) is 2.13. The summed E-state index contributed by atoms with van der Waals surface area (Å²) < 4.78 is 11.4. The van der Waals surface area contributed by atoms with Crippen LogP contribution in [0.4, 0.5) is 5.69 Å². The summed E-state index contributed by atoms with van der Waals surface area (Å²) in [5, 5.41) is 3.50. The molecular weight excluding hydrogens is 342 g/mol. The number of amides is 1. The summed E-state index contributed by atoms with van der Waals surface area (Å²) in [4.78, 5) is 15.2. The second-order valence-electron chi connectivity index (χ2n) is 7.19. The molecule has 138 valence electrons. The van der Waals surface area contributed by atoms with Crippen molar-refractivity contribution in [3.63, 3.8) is 0 Å². The van der Waals surface area contributed by atoms with Crippen molar-refractivity contribution in [3.8, 4) is 5.75 Å². The number of nitrogens with two attached hydrogens (primary N) is 1. The molecule has 1 aromatic rings. The number of fused-ring (bicyclic) bond motifs is 2. The van der Waals surface area contributed by atoms with E-state index in [2.05, 4.69) is 17.3 Å². The maximum atomic E-state index is 12.8. The molecule has 2 heterocycles. The van der Waals surface area contributed by atoms with Gasteiger partial charge in [-0.05, 0) is 39.8 Å². The quantitative estimate of drug-likeness (QED) is 0.798. The van der Waals surface area contributed by atoms with Crippen molar-refractivity contribution in [2.45, 2.75) is 50.9 Å². The molecule has 2 atom stereocenters. The van der Waals surface area contributed by atoms with E-state index >= 15 is 0 Å². The zero-order valence-corrected chi connectivity index (χ0v) is 15.7. The van der Waals surface area contributed by atoms with E-state index in [4.69, 9.17) is 26.8 Å². The van der Waals surface area contributed by atoms with Gasteiger partial charge in [0.2, 0.25) is 0 Å². The van der Waals surface area contributed by atoms with Gasteiger partial charge < -0.3 is 20.5 Å². The van der Waals surface area contributed by atoms with Crippen LogP contribution >= 0.6 is 11.6 Å². The maximum absolute atomic E-state index is 12.8. The number of halogens is 1. The van der Waals surface area contributed by atoms with E-state index in [0.29, 0.717) is 34.1 Å². The number of carbonyl (C=O) groups excluding carboxylic acids is 1. The number of benzene rings is 1. The summed E-state index contributed by atoms with van der Waals surface area (Å²) in [6.07, 6.45) is 1.69. The van der Waals surface area contributed by atoms with Crippen LogP contribution < -0.4 is 15.8 Å². The first kappa shape index (κ1) is 18.3. The first-order valence-electron chi connectivity index (χ1n) is 8.71. The summed E-state index contributed by atoms with van der Waals surface area (Å²) in [6.45, 7) is 5.25. The highest BCUT2D eigenvalue weighted by Gasteiger charge is 2.37. The van der Waals surface area contributed by atoms with E-state index in [9.17, 15) is 4.79 Å². The van der Waals surface area contributed by atoms with Crippen molar-refractivity contribution in [2.24, 2.45) is 0 Å². The minimum Gasteiger partial charge on any atom is -0.490 e. The number of likely N-dealkylation sites (N-methyl/N-ethyl adjacent to an activating group) is 1. The van der Waals surface area contributed by atoms with Crippen molar-refractivity contribution in [1.82, 2.24) is 10.2 Å². The first-order chi connectivity index (χ1) is 11.8. The molecule has 1 aromatic carbocycles. The Morgan fingerprint density at radius 1 is 1.36 bits per heavy atom. The van der Waals surface area contributed by atoms with Gasteiger partial charge in [-0.1, -0.05) is 11.6 Å². The Kier molecular flexibility index (Phi) is 5.41. The Morgan fingerprint density at radius 3 is 2.60 bits per heavy atom. The molecule has 0 aliphatic carbocycles. The van der Waals surface area contributed by atoms with Gasteiger partial charge in [0.15, 0.2) is 0 Å². The Bertz CT molecular complexity index is 639. The van der Waals surface area contributed by atoms with E-state index in [1.807, 2.05) is 13.8 Å². The normalized spacial score (nSPS) is 26.5. The van der Waals surface area contributed by atoms with Crippen molar-refractivity contribution in [1.29, 1.82) is 0 Å². The van der Waals surface area contributed by atoms with Gasteiger partial charge in [-0.15, -0.1) is 0 Å². The lowest BCUT2D eigenvalue weighted by Crippen LogP contribution is -2.59. The molecule has 2 aliphatic heterocycles. The van der Waals surface area contributed by atoms with Crippen LogP contribution in [0.3, 0.4) is 0 Å². The van der Waals surface area contributed by atoms with Crippen molar-refractivity contribution in [2.75, 3.05) is 26.0 Å². The second kappa shape index (κ2) is 7.40. The molecule has 0 radical (unpaired) electrons. The predicted molar refractivity (Wildman–Crippen MR) is 98.3 cm³/mol. The van der Waals surface area contributed by atoms with Crippen LogP contribution in [0.5, 0.6) is 5.75 Å². The maximum Gasteiger partial charge on any atom is 0.255 e. The molecule has 0 spiro atoms. The smallest absolute Gasteiger partial charge is 0.255 e. The number of hydrogen-bond acceptors (Lipinski definition) is 5. The molecule has 3 rings (SSSR count). The number of piperidine rings is 1. The van der Waals surface area contributed by atoms with Crippen LogP contribution in [-0.2, 0) is 4.74 Å². The molecule has 25 heavy (non-hydrogen) atoms. The fourth-order valence-electron chi connectivity index (χ4n) is 3.57. The number of anilines is 1. The van der Waals surface area contributed by atoms with Gasteiger partial charge in [-0.2, -0.15) is 0 Å². The van der Waals surface area contributed by atoms with Gasteiger partial charge in [0.1, 0.15) is 5.75 Å². The predicted octanol–water partition coefficient (Wildman–Crippen LogP) is 2.30. The molecule has 0 aromatic heterocycles. The molecule has 1 amide bonds. The van der Waals surface area contributed by atoms with Gasteiger partial charge in [-0.3, -0.25) is 9.69 Å². The van der Waals surface area contributed by atoms with E-state index in [1.165, 1.54) is 0 Å². The molecule has 3 N–H and O–H groups in total. The third kappa shape index (κ3) is 4.02. The van der Waals surface area contributed by atoms with Gasteiger partial charge in [0.25, 0.3) is 5.91 Å². The zero-order chi connectivity index (χ0) is 18.1. The molecule has 7 heteroatoms. The van der Waals surface area contributed by atoms with Crippen LogP contribution in [0, 0.1) is 0 Å². The number of nitrogens with zero attached hydrogens (tertiary/aromatic N) is 1. The fourth-order valence-corrected chi connectivity index (χ4v) is 3.74. The average molecular weight is 368 g/mol.